The summed E-state index contributed by atoms with van der Waals surface area (Å²) in [6.07, 6.45) is 5.84. The van der Waals surface area contributed by atoms with Gasteiger partial charge in [0.2, 0.25) is 0 Å². The zero-order valence-corrected chi connectivity index (χ0v) is 13.1. The molecule has 126 valence electrons. The molecule has 0 saturated carbocycles. The fourth-order valence-corrected chi connectivity index (χ4v) is 3.63. The molecule has 2 aromatic rings. The lowest BCUT2D eigenvalue weighted by molar-refractivity contribution is 0.0596. The molecule has 2 aromatic heterocycles. The Kier molecular flexibility index (Phi) is 3.59. The number of nitrogens with zero attached hydrogens (tertiary/aromatic N) is 2. The van der Waals surface area contributed by atoms with Crippen LogP contribution in [0.4, 0.5) is 0 Å². The predicted octanol–water partition coefficient (Wildman–Crippen LogP) is 1.58. The summed E-state index contributed by atoms with van der Waals surface area (Å²) in [5, 5.41) is 6.32. The zero-order chi connectivity index (χ0) is 16.7. The molecule has 2 N–H and O–H groups in total. The van der Waals surface area contributed by atoms with Crippen molar-refractivity contribution in [2.24, 2.45) is 0 Å². The van der Waals surface area contributed by atoms with Crippen LogP contribution in [0.25, 0.3) is 0 Å². The molecule has 0 bridgehead atoms. The van der Waals surface area contributed by atoms with E-state index >= 15 is 0 Å². The molecule has 2 aliphatic rings. The number of hydrogen-bond donors (Lipinski definition) is 2. The van der Waals surface area contributed by atoms with Crippen molar-refractivity contribution in [2.75, 3.05) is 6.54 Å². The van der Waals surface area contributed by atoms with Gasteiger partial charge in [-0.1, -0.05) is 0 Å². The van der Waals surface area contributed by atoms with Gasteiger partial charge in [0.25, 0.3) is 5.91 Å². The van der Waals surface area contributed by atoms with Gasteiger partial charge in [0, 0.05) is 19.4 Å². The number of Topliss-reactive ketones (excluding diaryl/α,β-unsaturated/α-hetero) is 1. The van der Waals surface area contributed by atoms with Crippen molar-refractivity contribution >= 4 is 11.7 Å². The molecular weight excluding hydrogens is 312 g/mol. The Morgan fingerprint density at radius 1 is 1.25 bits per heavy atom. The van der Waals surface area contributed by atoms with Crippen molar-refractivity contribution in [3.63, 3.8) is 0 Å². The summed E-state index contributed by atoms with van der Waals surface area (Å²) < 4.78 is 5.47. The van der Waals surface area contributed by atoms with Crippen LogP contribution in [-0.4, -0.2) is 38.3 Å². The monoisotopic (exact) mass is 330 g/mol. The average Bonchev–Trinajstić information content (AvgIpc) is 3.21. The van der Waals surface area contributed by atoms with Crippen molar-refractivity contribution in [1.82, 2.24) is 20.1 Å². The highest BCUT2D eigenvalue weighted by Gasteiger charge is 2.35. The minimum Gasteiger partial charge on any atom is -0.468 e. The van der Waals surface area contributed by atoms with Crippen LogP contribution >= 0.6 is 0 Å². The number of hydrogen-bond acceptors (Lipinski definition) is 5. The number of carbonyl (C=O) groups excluding carboxylic acids is 2. The summed E-state index contributed by atoms with van der Waals surface area (Å²) in [6, 6.07) is -0.297. The standard InChI is InChI=1S/C16H18N4O4/c21-11-5-3-6-12-13(11)9(8-24-12)15(22)20-7-2-1-4-10(20)14-17-16(23)19-18-14/h8,10H,1-7H2,(H2,17,18,19,23). The molecule has 1 amide bonds. The minimum atomic E-state index is -0.390. The third-order valence-electron chi connectivity index (χ3n) is 4.78. The van der Waals surface area contributed by atoms with Crippen molar-refractivity contribution in [1.29, 1.82) is 0 Å². The Hall–Kier alpha value is -2.64. The Bertz CT molecular complexity index is 846. The second-order valence-electron chi connectivity index (χ2n) is 6.30. The molecule has 1 fully saturated rings. The van der Waals surface area contributed by atoms with Gasteiger partial charge < -0.3 is 9.32 Å². The summed E-state index contributed by atoms with van der Waals surface area (Å²) in [6.45, 7) is 0.562. The molecule has 1 atom stereocenters. The lowest BCUT2D eigenvalue weighted by Crippen LogP contribution is -2.39. The highest BCUT2D eigenvalue weighted by Crippen LogP contribution is 2.33. The Balaban J connectivity index is 1.69. The van der Waals surface area contributed by atoms with Crippen LogP contribution in [0.15, 0.2) is 15.5 Å². The molecule has 4 rings (SSSR count). The highest BCUT2D eigenvalue weighted by molar-refractivity contribution is 6.09. The fraction of sp³-hybridized carbons (Fsp3) is 0.500. The van der Waals surface area contributed by atoms with Crippen LogP contribution in [0, 0.1) is 0 Å². The molecule has 1 saturated heterocycles. The van der Waals surface area contributed by atoms with Gasteiger partial charge in [-0.3, -0.25) is 14.6 Å². The molecule has 1 aliphatic carbocycles. The number of aromatic nitrogens is 3. The van der Waals surface area contributed by atoms with Gasteiger partial charge in [-0.2, -0.15) is 5.10 Å². The molecule has 24 heavy (non-hydrogen) atoms. The number of fused-ring (bicyclic) bond motifs is 1. The van der Waals surface area contributed by atoms with Crippen LogP contribution in [0.3, 0.4) is 0 Å². The maximum atomic E-state index is 13.1. The molecule has 1 aliphatic heterocycles. The number of rotatable bonds is 2. The van der Waals surface area contributed by atoms with E-state index in [-0.39, 0.29) is 23.4 Å². The first kappa shape index (κ1) is 14.9. The van der Waals surface area contributed by atoms with Crippen molar-refractivity contribution < 1.29 is 14.0 Å². The van der Waals surface area contributed by atoms with E-state index in [2.05, 4.69) is 15.2 Å². The predicted molar refractivity (Wildman–Crippen MR) is 82.8 cm³/mol. The number of nitrogens with one attached hydrogen (secondary N) is 2. The first-order valence-electron chi connectivity index (χ1n) is 8.24. The fourth-order valence-electron chi connectivity index (χ4n) is 3.63. The number of furan rings is 1. The third kappa shape index (κ3) is 2.38. The van der Waals surface area contributed by atoms with Gasteiger partial charge in [0.15, 0.2) is 11.6 Å². The van der Waals surface area contributed by atoms with E-state index in [1.54, 1.807) is 4.90 Å². The summed E-state index contributed by atoms with van der Waals surface area (Å²) in [4.78, 5) is 40.9. The number of likely N-dealkylation sites (tertiary alicyclic amines) is 1. The van der Waals surface area contributed by atoms with E-state index in [0.29, 0.717) is 42.1 Å². The van der Waals surface area contributed by atoms with Crippen molar-refractivity contribution in [2.45, 2.75) is 44.6 Å². The second-order valence-corrected chi connectivity index (χ2v) is 6.30. The van der Waals surface area contributed by atoms with Gasteiger partial charge in [0.1, 0.15) is 12.0 Å². The van der Waals surface area contributed by atoms with Crippen molar-refractivity contribution in [3.05, 3.63) is 39.5 Å². The number of amides is 1. The van der Waals surface area contributed by atoms with Crippen LogP contribution in [0.5, 0.6) is 0 Å². The van der Waals surface area contributed by atoms with E-state index in [1.807, 2.05) is 0 Å². The van der Waals surface area contributed by atoms with Gasteiger partial charge >= 0.3 is 5.69 Å². The van der Waals surface area contributed by atoms with E-state index < -0.39 is 0 Å². The van der Waals surface area contributed by atoms with Crippen LogP contribution < -0.4 is 5.69 Å². The molecular formula is C16H18N4O4. The van der Waals surface area contributed by atoms with Crippen LogP contribution in [0.2, 0.25) is 0 Å². The van der Waals surface area contributed by atoms with E-state index in [1.165, 1.54) is 6.26 Å². The maximum Gasteiger partial charge on any atom is 0.340 e. The molecule has 0 spiro atoms. The first-order chi connectivity index (χ1) is 11.6. The summed E-state index contributed by atoms with van der Waals surface area (Å²) in [5.74, 6) is 0.798. The number of aromatic amines is 2. The van der Waals surface area contributed by atoms with E-state index in [4.69, 9.17) is 4.42 Å². The van der Waals surface area contributed by atoms with Gasteiger partial charge in [-0.15, -0.1) is 0 Å². The summed E-state index contributed by atoms with van der Waals surface area (Å²) >= 11 is 0. The Morgan fingerprint density at radius 2 is 2.12 bits per heavy atom. The Morgan fingerprint density at radius 3 is 2.92 bits per heavy atom. The number of carbonyl (C=O) groups is 2. The molecule has 0 aromatic carbocycles. The average molecular weight is 330 g/mol. The van der Waals surface area contributed by atoms with Crippen LogP contribution in [-0.2, 0) is 6.42 Å². The molecule has 8 heteroatoms. The second kappa shape index (κ2) is 5.77. The molecule has 3 heterocycles. The summed E-state index contributed by atoms with van der Waals surface area (Å²) in [7, 11) is 0. The lowest BCUT2D eigenvalue weighted by atomic mass is 9.93. The molecule has 0 radical (unpaired) electrons. The number of piperidine rings is 1. The summed E-state index contributed by atoms with van der Waals surface area (Å²) in [5.41, 5.74) is 0.379. The largest absolute Gasteiger partial charge is 0.468 e. The zero-order valence-electron chi connectivity index (χ0n) is 13.1. The number of aryl methyl sites for hydroxylation is 1. The highest BCUT2D eigenvalue weighted by atomic mass is 16.3. The minimum absolute atomic E-state index is 0.0323. The molecule has 1 unspecified atom stereocenters. The van der Waals surface area contributed by atoms with Gasteiger partial charge in [0.05, 0.1) is 17.2 Å². The van der Waals surface area contributed by atoms with Crippen molar-refractivity contribution in [3.8, 4) is 0 Å². The SMILES string of the molecule is O=C1CCCc2occ(C(=O)N3CCCCC3c3n[nH]c(=O)[nH]3)c21. The number of H-pyrrole nitrogens is 2. The van der Waals surface area contributed by atoms with Gasteiger partial charge in [-0.05, 0) is 25.7 Å². The smallest absolute Gasteiger partial charge is 0.340 e. The lowest BCUT2D eigenvalue weighted by Gasteiger charge is -2.34. The van der Waals surface area contributed by atoms with E-state index in [9.17, 15) is 14.4 Å². The normalized spacial score (nSPS) is 20.9. The van der Waals surface area contributed by atoms with Crippen LogP contribution in [0.1, 0.15) is 70.4 Å². The quantitative estimate of drug-likeness (QED) is 0.868. The Labute approximate surface area is 137 Å². The molecule has 8 nitrogen and oxygen atoms in total. The topological polar surface area (TPSA) is 112 Å². The van der Waals surface area contributed by atoms with E-state index in [0.717, 1.165) is 25.7 Å². The first-order valence-corrected chi connectivity index (χ1v) is 8.24. The third-order valence-corrected chi connectivity index (χ3v) is 4.78. The number of ketones is 1. The maximum absolute atomic E-state index is 13.1. The van der Waals surface area contributed by atoms with Gasteiger partial charge in [-0.25, -0.2) is 9.89 Å².